The van der Waals surface area contributed by atoms with Crippen LogP contribution in [0.1, 0.15) is 84.3 Å². The minimum Gasteiger partial charge on any atom is -0.337 e. The Morgan fingerprint density at radius 3 is 1.23 bits per heavy atom. The van der Waals surface area contributed by atoms with Crippen molar-refractivity contribution in [1.29, 1.82) is 0 Å². The van der Waals surface area contributed by atoms with Crippen molar-refractivity contribution < 1.29 is 19.2 Å². The first-order chi connectivity index (χ1) is 21.5. The summed E-state index contributed by atoms with van der Waals surface area (Å²) in [4.78, 5) is 52.5. The number of fused-ring (bicyclic) bond motifs is 5. The lowest BCUT2D eigenvalue weighted by atomic mass is 10.0. The summed E-state index contributed by atoms with van der Waals surface area (Å²) in [6.45, 7) is 0. The molecule has 4 aliphatic rings. The van der Waals surface area contributed by atoms with E-state index in [1.54, 1.807) is 60.7 Å². The standard InChI is InChI=1S/C39H27NO4/c41-36-27-5-1-2-6-28(27)37(42)31(36)17-21-9-15-25-26-16-10-22(18-32-38(43)29-7-3-4-8-30(29)39(32)44)20-34(26)40(33(25)19-21)35(23-11-12-23)24-13-14-24/h1-10,15-20,23-24,35H,11-14H2. The predicted molar refractivity (Wildman–Crippen MR) is 170 cm³/mol. The third kappa shape index (κ3) is 3.72. The van der Waals surface area contributed by atoms with Crippen LogP contribution in [0.4, 0.5) is 0 Å². The highest BCUT2D eigenvalue weighted by Crippen LogP contribution is 2.54. The Kier molecular flexibility index (Phi) is 5.28. The van der Waals surface area contributed by atoms with Gasteiger partial charge in [-0.2, -0.15) is 0 Å². The average molecular weight is 574 g/mol. The zero-order valence-electron chi connectivity index (χ0n) is 23.9. The van der Waals surface area contributed by atoms with Crippen LogP contribution in [0.15, 0.2) is 96.1 Å². The number of carbonyl (C=O) groups excluding carboxylic acids is 4. The maximum Gasteiger partial charge on any atom is 0.197 e. The number of aromatic nitrogens is 1. The fourth-order valence-electron chi connectivity index (χ4n) is 7.40. The largest absolute Gasteiger partial charge is 0.337 e. The molecular weight excluding hydrogens is 546 g/mol. The number of allylic oxidation sites excluding steroid dienone is 2. The van der Waals surface area contributed by atoms with Gasteiger partial charge < -0.3 is 4.57 Å². The molecule has 9 rings (SSSR count). The highest BCUT2D eigenvalue weighted by molar-refractivity contribution is 6.42. The van der Waals surface area contributed by atoms with Crippen molar-refractivity contribution in [3.05, 3.63) is 129 Å². The zero-order chi connectivity index (χ0) is 29.7. The van der Waals surface area contributed by atoms with Gasteiger partial charge in [0.05, 0.1) is 11.1 Å². The Labute approximate surface area is 253 Å². The van der Waals surface area contributed by atoms with Crippen LogP contribution < -0.4 is 0 Å². The maximum atomic E-state index is 13.1. The molecule has 2 saturated carbocycles. The van der Waals surface area contributed by atoms with E-state index in [2.05, 4.69) is 28.8 Å². The normalized spacial score (nSPS) is 17.8. The van der Waals surface area contributed by atoms with E-state index in [9.17, 15) is 19.2 Å². The smallest absolute Gasteiger partial charge is 0.197 e. The molecule has 4 aromatic carbocycles. The lowest BCUT2D eigenvalue weighted by Crippen LogP contribution is -2.13. The molecule has 0 amide bonds. The maximum absolute atomic E-state index is 13.1. The quantitative estimate of drug-likeness (QED) is 0.157. The molecular formula is C39H27NO4. The fraction of sp³-hybridized carbons (Fsp3) is 0.179. The number of hydrogen-bond acceptors (Lipinski definition) is 4. The number of rotatable bonds is 5. The van der Waals surface area contributed by atoms with Gasteiger partial charge in [-0.15, -0.1) is 0 Å². The second-order valence-corrected chi connectivity index (χ2v) is 12.6. The zero-order valence-corrected chi connectivity index (χ0v) is 23.9. The second kappa shape index (κ2) is 9.17. The first-order valence-electron chi connectivity index (χ1n) is 15.4. The van der Waals surface area contributed by atoms with Crippen molar-refractivity contribution in [1.82, 2.24) is 4.57 Å². The van der Waals surface area contributed by atoms with Crippen molar-refractivity contribution in [2.45, 2.75) is 31.7 Å². The summed E-state index contributed by atoms with van der Waals surface area (Å²) in [6, 6.07) is 26.7. The second-order valence-electron chi connectivity index (χ2n) is 12.6. The van der Waals surface area contributed by atoms with E-state index in [0.717, 1.165) is 32.9 Å². The number of Topliss-reactive ketones (excluding diaryl/α,β-unsaturated/α-hetero) is 4. The Morgan fingerprint density at radius 2 is 0.886 bits per heavy atom. The van der Waals surface area contributed by atoms with E-state index < -0.39 is 0 Å². The molecule has 0 spiro atoms. The van der Waals surface area contributed by atoms with Crippen molar-refractivity contribution in [3.63, 3.8) is 0 Å². The Bertz CT molecular complexity index is 1990. The Balaban J connectivity index is 1.21. The summed E-state index contributed by atoms with van der Waals surface area (Å²) in [5, 5.41) is 2.22. The van der Waals surface area contributed by atoms with Crippen LogP contribution in [0, 0.1) is 11.8 Å². The molecule has 0 aliphatic heterocycles. The van der Waals surface area contributed by atoms with E-state index in [1.807, 2.05) is 12.1 Å². The first-order valence-corrected chi connectivity index (χ1v) is 15.4. The number of benzene rings is 4. The third-order valence-corrected chi connectivity index (χ3v) is 9.79. The van der Waals surface area contributed by atoms with Crippen molar-refractivity contribution in [3.8, 4) is 0 Å². The Hall–Kier alpha value is -5.16. The van der Waals surface area contributed by atoms with Crippen molar-refractivity contribution >= 4 is 57.1 Å². The molecule has 0 saturated heterocycles. The summed E-state index contributed by atoms with van der Waals surface area (Å²) in [6.07, 6.45) is 8.30. The SMILES string of the molecule is O=C1C(=Cc2ccc3c4ccc(C=C5C(=O)c6ccccc6C5=O)cc4n(C(C4CC4)C4CC4)c3c2)C(=O)c2ccccc21. The lowest BCUT2D eigenvalue weighted by Gasteiger charge is -2.21. The molecule has 4 aliphatic carbocycles. The van der Waals surface area contributed by atoms with Gasteiger partial charge in [0, 0.05) is 50.1 Å². The summed E-state index contributed by atoms with van der Waals surface area (Å²) in [5.74, 6) is 0.328. The minimum absolute atomic E-state index is 0.204. The summed E-state index contributed by atoms with van der Waals surface area (Å²) in [5.41, 5.74) is 6.06. The van der Waals surface area contributed by atoms with Crippen LogP contribution in [0.3, 0.4) is 0 Å². The number of nitrogens with zero attached hydrogens (tertiary/aromatic N) is 1. The van der Waals surface area contributed by atoms with Gasteiger partial charge in [-0.25, -0.2) is 0 Å². The average Bonchev–Trinajstić information content (AvgIpc) is 3.99. The predicted octanol–water partition coefficient (Wildman–Crippen LogP) is 8.08. The molecule has 0 unspecified atom stereocenters. The minimum atomic E-state index is -0.226. The van der Waals surface area contributed by atoms with Crippen LogP contribution in [0.5, 0.6) is 0 Å². The first kappa shape index (κ1) is 25.3. The van der Waals surface area contributed by atoms with Crippen LogP contribution in [0.2, 0.25) is 0 Å². The van der Waals surface area contributed by atoms with Gasteiger partial charge in [0.15, 0.2) is 23.1 Å². The molecule has 212 valence electrons. The number of carbonyl (C=O) groups is 4. The van der Waals surface area contributed by atoms with Gasteiger partial charge >= 0.3 is 0 Å². The van der Waals surface area contributed by atoms with Gasteiger partial charge in [0.25, 0.3) is 0 Å². The molecule has 0 atom stereocenters. The molecule has 0 bridgehead atoms. The molecule has 0 N–H and O–H groups in total. The number of hydrogen-bond donors (Lipinski definition) is 0. The molecule has 0 radical (unpaired) electrons. The molecule has 44 heavy (non-hydrogen) atoms. The summed E-state index contributed by atoms with van der Waals surface area (Å²) < 4.78 is 2.48. The molecule has 1 heterocycles. The van der Waals surface area contributed by atoms with Gasteiger partial charge in [-0.1, -0.05) is 72.8 Å². The highest BCUT2D eigenvalue weighted by Gasteiger charge is 2.43. The van der Waals surface area contributed by atoms with Crippen LogP contribution in [0.25, 0.3) is 34.0 Å². The Morgan fingerprint density at radius 1 is 0.523 bits per heavy atom. The van der Waals surface area contributed by atoms with E-state index in [4.69, 9.17) is 0 Å². The molecule has 1 aromatic heterocycles. The van der Waals surface area contributed by atoms with E-state index in [1.165, 1.54) is 25.7 Å². The topological polar surface area (TPSA) is 73.2 Å². The van der Waals surface area contributed by atoms with Gasteiger partial charge in [-0.3, -0.25) is 19.2 Å². The molecule has 5 nitrogen and oxygen atoms in total. The van der Waals surface area contributed by atoms with Crippen LogP contribution in [-0.4, -0.2) is 27.7 Å². The van der Waals surface area contributed by atoms with E-state index >= 15 is 0 Å². The van der Waals surface area contributed by atoms with E-state index in [-0.39, 0.29) is 34.3 Å². The molecule has 5 aromatic rings. The van der Waals surface area contributed by atoms with Crippen molar-refractivity contribution in [2.24, 2.45) is 11.8 Å². The van der Waals surface area contributed by atoms with Crippen LogP contribution in [-0.2, 0) is 0 Å². The number of ketones is 4. The van der Waals surface area contributed by atoms with Gasteiger partial charge in [0.1, 0.15) is 0 Å². The van der Waals surface area contributed by atoms with Crippen molar-refractivity contribution in [2.75, 3.05) is 0 Å². The third-order valence-electron chi connectivity index (χ3n) is 9.79. The van der Waals surface area contributed by atoms with E-state index in [0.29, 0.717) is 40.1 Å². The highest BCUT2D eigenvalue weighted by atomic mass is 16.2. The summed E-state index contributed by atoms with van der Waals surface area (Å²) >= 11 is 0. The van der Waals surface area contributed by atoms with Gasteiger partial charge in [0.2, 0.25) is 0 Å². The molecule has 2 fully saturated rings. The summed E-state index contributed by atoms with van der Waals surface area (Å²) in [7, 11) is 0. The monoisotopic (exact) mass is 573 g/mol. The fourth-order valence-corrected chi connectivity index (χ4v) is 7.40. The van der Waals surface area contributed by atoms with Gasteiger partial charge in [-0.05, 0) is 72.9 Å². The lowest BCUT2D eigenvalue weighted by molar-refractivity contribution is 0.0975. The van der Waals surface area contributed by atoms with Crippen LogP contribution >= 0.6 is 0 Å². The molecule has 5 heteroatoms.